The molecular formula is C12H11ClN2O5S. The summed E-state index contributed by atoms with van der Waals surface area (Å²) in [6.45, 7) is 0. The minimum absolute atomic E-state index is 0.0253. The number of halogens is 1. The van der Waals surface area contributed by atoms with Crippen molar-refractivity contribution in [2.75, 3.05) is 11.1 Å². The summed E-state index contributed by atoms with van der Waals surface area (Å²) >= 11 is 5.76. The molecule has 2 amide bonds. The summed E-state index contributed by atoms with van der Waals surface area (Å²) in [5.74, 6) is -1.44. The number of amides is 2. The Balaban J connectivity index is 2.08. The molecule has 1 atom stereocenters. The van der Waals surface area contributed by atoms with Crippen LogP contribution >= 0.6 is 11.6 Å². The van der Waals surface area contributed by atoms with E-state index in [-0.39, 0.29) is 22.0 Å². The summed E-state index contributed by atoms with van der Waals surface area (Å²) in [5.41, 5.74) is -0.0959. The largest absolute Gasteiger partial charge is 0.478 e. The van der Waals surface area contributed by atoms with Gasteiger partial charge in [0.25, 0.3) is 0 Å². The maximum atomic E-state index is 11.8. The third-order valence-corrected chi connectivity index (χ3v) is 4.34. The number of hydrogen-bond acceptors (Lipinski definition) is 4. The van der Waals surface area contributed by atoms with Crippen LogP contribution in [0.15, 0.2) is 29.7 Å². The van der Waals surface area contributed by atoms with E-state index in [1.54, 1.807) is 0 Å². The standard InChI is InChI=1S/C12H11ClN2O5S/c13-7-1-2-9(11(16)17)10(5-7)15-12(18)14-8-3-4-21(19,20)6-8/h1-5,8H,6H2,(H,16,17)(H2,14,15,18). The van der Waals surface area contributed by atoms with Crippen molar-refractivity contribution in [2.24, 2.45) is 0 Å². The molecule has 1 aromatic rings. The van der Waals surface area contributed by atoms with Gasteiger partial charge in [0, 0.05) is 10.4 Å². The Hall–Kier alpha value is -2.06. The van der Waals surface area contributed by atoms with Crippen LogP contribution in [0.1, 0.15) is 10.4 Å². The number of carbonyl (C=O) groups excluding carboxylic acids is 1. The lowest BCUT2D eigenvalue weighted by Gasteiger charge is -2.13. The van der Waals surface area contributed by atoms with E-state index in [1.165, 1.54) is 24.3 Å². The Labute approximate surface area is 125 Å². The Kier molecular flexibility index (Phi) is 4.19. The highest BCUT2D eigenvalue weighted by Crippen LogP contribution is 2.21. The zero-order valence-corrected chi connectivity index (χ0v) is 12.1. The first-order chi connectivity index (χ1) is 9.77. The molecule has 9 heteroatoms. The highest BCUT2D eigenvalue weighted by atomic mass is 35.5. The van der Waals surface area contributed by atoms with Crippen molar-refractivity contribution >= 4 is 39.1 Å². The number of urea groups is 1. The second kappa shape index (κ2) is 5.74. The Bertz CT molecular complexity index is 729. The van der Waals surface area contributed by atoms with E-state index in [2.05, 4.69) is 10.6 Å². The topological polar surface area (TPSA) is 113 Å². The van der Waals surface area contributed by atoms with Gasteiger partial charge in [0.2, 0.25) is 0 Å². The van der Waals surface area contributed by atoms with Gasteiger partial charge in [-0.2, -0.15) is 0 Å². The summed E-state index contributed by atoms with van der Waals surface area (Å²) in [7, 11) is -3.28. The maximum absolute atomic E-state index is 11.8. The van der Waals surface area contributed by atoms with Crippen LogP contribution < -0.4 is 10.6 Å². The highest BCUT2D eigenvalue weighted by molar-refractivity contribution is 7.94. The number of hydrogen-bond donors (Lipinski definition) is 3. The van der Waals surface area contributed by atoms with E-state index in [0.29, 0.717) is 0 Å². The van der Waals surface area contributed by atoms with Crippen molar-refractivity contribution in [1.82, 2.24) is 5.32 Å². The molecule has 0 aromatic heterocycles. The maximum Gasteiger partial charge on any atom is 0.337 e. The number of sulfone groups is 1. The number of nitrogens with one attached hydrogen (secondary N) is 2. The van der Waals surface area contributed by atoms with Crippen molar-refractivity contribution in [1.29, 1.82) is 0 Å². The van der Waals surface area contributed by atoms with Crippen molar-refractivity contribution in [3.05, 3.63) is 40.3 Å². The molecule has 112 valence electrons. The van der Waals surface area contributed by atoms with E-state index in [0.717, 1.165) is 5.41 Å². The molecule has 0 saturated carbocycles. The molecule has 1 aliphatic rings. The molecule has 2 rings (SSSR count). The van der Waals surface area contributed by atoms with Gasteiger partial charge in [0.15, 0.2) is 9.84 Å². The molecule has 1 aliphatic heterocycles. The predicted octanol–water partition coefficient (Wildman–Crippen LogP) is 1.47. The second-order valence-electron chi connectivity index (χ2n) is 4.36. The smallest absolute Gasteiger partial charge is 0.337 e. The number of anilines is 1. The van der Waals surface area contributed by atoms with Crippen LogP contribution in [0.25, 0.3) is 0 Å². The van der Waals surface area contributed by atoms with Gasteiger partial charge in [-0.1, -0.05) is 11.6 Å². The minimum atomic E-state index is -3.28. The van der Waals surface area contributed by atoms with Gasteiger partial charge in [-0.15, -0.1) is 0 Å². The SMILES string of the molecule is O=C(Nc1cc(Cl)ccc1C(=O)O)NC1C=CS(=O)(=O)C1. The molecule has 0 spiro atoms. The number of benzene rings is 1. The second-order valence-corrected chi connectivity index (χ2v) is 6.73. The third kappa shape index (κ3) is 3.96. The van der Waals surface area contributed by atoms with Gasteiger partial charge in [0.05, 0.1) is 23.0 Å². The van der Waals surface area contributed by atoms with Gasteiger partial charge in [-0.3, -0.25) is 0 Å². The zero-order valence-electron chi connectivity index (χ0n) is 10.5. The van der Waals surface area contributed by atoms with Crippen molar-refractivity contribution < 1.29 is 23.1 Å². The fourth-order valence-corrected chi connectivity index (χ4v) is 3.21. The van der Waals surface area contributed by atoms with Gasteiger partial charge in [-0.25, -0.2) is 18.0 Å². The number of aromatic carboxylic acids is 1. The van der Waals surface area contributed by atoms with Gasteiger partial charge < -0.3 is 15.7 Å². The predicted molar refractivity (Wildman–Crippen MR) is 77.3 cm³/mol. The first kappa shape index (κ1) is 15.3. The summed E-state index contributed by atoms with van der Waals surface area (Å²) in [4.78, 5) is 22.8. The molecule has 21 heavy (non-hydrogen) atoms. The fraction of sp³-hybridized carbons (Fsp3) is 0.167. The monoisotopic (exact) mass is 330 g/mol. The summed E-state index contributed by atoms with van der Waals surface area (Å²) < 4.78 is 22.4. The molecule has 1 aromatic carbocycles. The molecule has 1 heterocycles. The van der Waals surface area contributed by atoms with Crippen molar-refractivity contribution in [2.45, 2.75) is 6.04 Å². The quantitative estimate of drug-likeness (QED) is 0.776. The lowest BCUT2D eigenvalue weighted by Crippen LogP contribution is -2.38. The highest BCUT2D eigenvalue weighted by Gasteiger charge is 2.23. The minimum Gasteiger partial charge on any atom is -0.478 e. The molecule has 0 radical (unpaired) electrons. The fourth-order valence-electron chi connectivity index (χ4n) is 1.80. The van der Waals surface area contributed by atoms with Crippen molar-refractivity contribution in [3.63, 3.8) is 0 Å². The molecule has 7 nitrogen and oxygen atoms in total. The Morgan fingerprint density at radius 3 is 2.62 bits per heavy atom. The van der Waals surface area contributed by atoms with Crippen molar-refractivity contribution in [3.8, 4) is 0 Å². The summed E-state index contributed by atoms with van der Waals surface area (Å²) in [6, 6.07) is 2.58. The average molecular weight is 331 g/mol. The van der Waals surface area contributed by atoms with Gasteiger partial charge in [-0.05, 0) is 24.3 Å². The number of carbonyl (C=O) groups is 2. The lowest BCUT2D eigenvalue weighted by molar-refractivity contribution is 0.0698. The molecule has 0 fully saturated rings. The zero-order chi connectivity index (χ0) is 15.6. The summed E-state index contributed by atoms with van der Waals surface area (Å²) in [5, 5.41) is 15.1. The van der Waals surface area contributed by atoms with Crippen LogP contribution in [-0.2, 0) is 9.84 Å². The Morgan fingerprint density at radius 2 is 2.05 bits per heavy atom. The number of carboxylic acid groups (broad SMARTS) is 1. The Morgan fingerprint density at radius 1 is 1.33 bits per heavy atom. The molecular weight excluding hydrogens is 320 g/mol. The van der Waals surface area contributed by atoms with Crippen LogP contribution in [0, 0.1) is 0 Å². The molecule has 1 unspecified atom stereocenters. The average Bonchev–Trinajstić information content (AvgIpc) is 2.67. The molecule has 3 N–H and O–H groups in total. The van der Waals surface area contributed by atoms with Crippen LogP contribution in [-0.4, -0.2) is 37.3 Å². The first-order valence-electron chi connectivity index (χ1n) is 5.78. The van der Waals surface area contributed by atoms with Crippen LogP contribution in [0.4, 0.5) is 10.5 Å². The van der Waals surface area contributed by atoms with E-state index < -0.39 is 27.9 Å². The van der Waals surface area contributed by atoms with Crippen LogP contribution in [0.2, 0.25) is 5.02 Å². The lowest BCUT2D eigenvalue weighted by atomic mass is 10.2. The summed E-state index contributed by atoms with van der Waals surface area (Å²) in [6.07, 6.45) is 1.35. The van der Waals surface area contributed by atoms with E-state index in [9.17, 15) is 18.0 Å². The number of carboxylic acids is 1. The number of rotatable bonds is 3. The molecule has 0 saturated heterocycles. The molecule has 0 bridgehead atoms. The first-order valence-corrected chi connectivity index (χ1v) is 7.87. The normalized spacial score (nSPS) is 19.2. The van der Waals surface area contributed by atoms with Gasteiger partial charge >= 0.3 is 12.0 Å². The van der Waals surface area contributed by atoms with E-state index in [4.69, 9.17) is 16.7 Å². The van der Waals surface area contributed by atoms with Crippen LogP contribution in [0.5, 0.6) is 0 Å². The van der Waals surface area contributed by atoms with Crippen LogP contribution in [0.3, 0.4) is 0 Å². The van der Waals surface area contributed by atoms with E-state index >= 15 is 0 Å². The molecule has 0 aliphatic carbocycles. The van der Waals surface area contributed by atoms with Gasteiger partial charge in [0.1, 0.15) is 0 Å². The van der Waals surface area contributed by atoms with E-state index in [1.807, 2.05) is 0 Å². The third-order valence-electron chi connectivity index (χ3n) is 2.71.